The maximum Gasteiger partial charge on any atom is 0.219 e. The topological polar surface area (TPSA) is 76.7 Å². The van der Waals surface area contributed by atoms with Gasteiger partial charge in [-0.3, -0.25) is 14.5 Å². The van der Waals surface area contributed by atoms with Crippen LogP contribution in [0, 0.1) is 4.77 Å². The number of hydrogen-bond acceptors (Lipinski definition) is 4. The third-order valence-electron chi connectivity index (χ3n) is 2.08. The minimum absolute atomic E-state index is 0.256. The van der Waals surface area contributed by atoms with Crippen molar-refractivity contribution < 1.29 is 4.79 Å². The fraction of sp³-hybridized carbons (Fsp3) is 0.222. The van der Waals surface area contributed by atoms with Crippen molar-refractivity contribution in [2.45, 2.75) is 13.0 Å². The maximum absolute atomic E-state index is 10.8. The molecule has 0 aliphatic carbocycles. The van der Waals surface area contributed by atoms with E-state index in [1.54, 1.807) is 15.9 Å². The molecule has 0 saturated carbocycles. The molecule has 0 fully saturated rings. The lowest BCUT2D eigenvalue weighted by Crippen LogP contribution is -2.14. The molecular formula is C9H10N4OS2. The molecule has 2 aromatic heterocycles. The Bertz CT molecular complexity index is 540. The van der Waals surface area contributed by atoms with Gasteiger partial charge in [-0.25, -0.2) is 0 Å². The first-order chi connectivity index (χ1) is 7.68. The zero-order valence-corrected chi connectivity index (χ0v) is 9.98. The molecule has 0 aliphatic heterocycles. The van der Waals surface area contributed by atoms with Crippen LogP contribution in [0.15, 0.2) is 17.5 Å². The van der Waals surface area contributed by atoms with E-state index in [0.29, 0.717) is 11.3 Å². The molecule has 1 amide bonds. The number of primary amides is 1. The van der Waals surface area contributed by atoms with E-state index in [1.807, 2.05) is 17.5 Å². The van der Waals surface area contributed by atoms with E-state index in [9.17, 15) is 4.79 Å². The summed E-state index contributed by atoms with van der Waals surface area (Å²) < 4.78 is 2.29. The molecule has 0 atom stereocenters. The number of nitrogens with two attached hydrogens (primary N) is 1. The Balaban J connectivity index is 2.33. The monoisotopic (exact) mass is 254 g/mol. The molecule has 2 rings (SSSR count). The van der Waals surface area contributed by atoms with Crippen molar-refractivity contribution in [1.82, 2.24) is 14.8 Å². The molecule has 84 valence electrons. The van der Waals surface area contributed by atoms with Crippen LogP contribution in [-0.2, 0) is 11.3 Å². The van der Waals surface area contributed by atoms with Crippen LogP contribution >= 0.6 is 23.6 Å². The molecule has 3 N–H and O–H groups in total. The number of carbonyl (C=O) groups excluding carboxylic acids is 1. The van der Waals surface area contributed by atoms with Gasteiger partial charge in [-0.1, -0.05) is 6.07 Å². The van der Waals surface area contributed by atoms with Crippen LogP contribution in [0.1, 0.15) is 6.42 Å². The lowest BCUT2D eigenvalue weighted by Gasteiger charge is -2.02. The summed E-state index contributed by atoms with van der Waals surface area (Å²) in [5.41, 5.74) is 5.11. The van der Waals surface area contributed by atoms with Gasteiger partial charge in [0.15, 0.2) is 10.6 Å². The summed E-state index contributed by atoms with van der Waals surface area (Å²) in [5.74, 6) is 0.404. The molecule has 0 unspecified atom stereocenters. The molecule has 16 heavy (non-hydrogen) atoms. The van der Waals surface area contributed by atoms with E-state index >= 15 is 0 Å². The van der Waals surface area contributed by atoms with Crippen LogP contribution < -0.4 is 5.73 Å². The number of hydrogen-bond donors (Lipinski definition) is 2. The predicted molar refractivity (Wildman–Crippen MR) is 64.5 cm³/mol. The zero-order valence-electron chi connectivity index (χ0n) is 8.34. The fourth-order valence-electron chi connectivity index (χ4n) is 1.34. The Morgan fingerprint density at radius 1 is 1.69 bits per heavy atom. The van der Waals surface area contributed by atoms with Crippen molar-refractivity contribution >= 4 is 29.5 Å². The normalized spacial score (nSPS) is 10.5. The third-order valence-corrected chi connectivity index (χ3v) is 3.26. The predicted octanol–water partition coefficient (Wildman–Crippen LogP) is 1.54. The second-order valence-corrected chi connectivity index (χ2v) is 4.53. The molecule has 5 nitrogen and oxygen atoms in total. The third kappa shape index (κ3) is 2.20. The minimum Gasteiger partial charge on any atom is -0.370 e. The Kier molecular flexibility index (Phi) is 3.16. The number of nitrogens with one attached hydrogen (secondary N) is 1. The summed E-state index contributed by atoms with van der Waals surface area (Å²) in [5, 5.41) is 8.82. The van der Waals surface area contributed by atoms with Gasteiger partial charge in [-0.05, 0) is 23.7 Å². The van der Waals surface area contributed by atoms with Crippen LogP contribution in [0.5, 0.6) is 0 Å². The zero-order chi connectivity index (χ0) is 11.5. The summed E-state index contributed by atoms with van der Waals surface area (Å²) in [4.78, 5) is 11.8. The minimum atomic E-state index is -0.347. The number of rotatable bonds is 4. The molecule has 2 heterocycles. The smallest absolute Gasteiger partial charge is 0.219 e. The average Bonchev–Trinajstić information content (AvgIpc) is 2.83. The fourth-order valence-corrected chi connectivity index (χ4v) is 2.29. The number of aromatic nitrogens is 3. The summed E-state index contributed by atoms with van der Waals surface area (Å²) in [7, 11) is 0. The second-order valence-electron chi connectivity index (χ2n) is 3.20. The molecular weight excluding hydrogens is 244 g/mol. The summed E-state index contributed by atoms with van der Waals surface area (Å²) in [6.07, 6.45) is 0.256. The molecule has 0 spiro atoms. The van der Waals surface area contributed by atoms with Crippen LogP contribution in [-0.4, -0.2) is 20.7 Å². The van der Waals surface area contributed by atoms with Crippen molar-refractivity contribution in [2.75, 3.05) is 0 Å². The average molecular weight is 254 g/mol. The lowest BCUT2D eigenvalue weighted by molar-refractivity contribution is -0.118. The summed E-state index contributed by atoms with van der Waals surface area (Å²) in [6.45, 7) is 0.456. The number of thiophene rings is 1. The van der Waals surface area contributed by atoms with Crippen molar-refractivity contribution in [3.05, 3.63) is 22.3 Å². The van der Waals surface area contributed by atoms with E-state index in [1.165, 1.54) is 0 Å². The van der Waals surface area contributed by atoms with Gasteiger partial charge in [0, 0.05) is 13.0 Å². The Morgan fingerprint density at radius 2 is 2.50 bits per heavy atom. The Labute approximate surface area is 101 Å². The molecule has 2 aromatic rings. The molecule has 0 saturated heterocycles. The second kappa shape index (κ2) is 4.58. The number of H-pyrrole nitrogens is 1. The number of carbonyl (C=O) groups is 1. The van der Waals surface area contributed by atoms with Gasteiger partial charge in [0.2, 0.25) is 5.91 Å². The van der Waals surface area contributed by atoms with Gasteiger partial charge >= 0.3 is 0 Å². The highest BCUT2D eigenvalue weighted by Crippen LogP contribution is 2.22. The molecule has 7 heteroatoms. The Hall–Kier alpha value is -1.47. The standard InChI is InChI=1S/C9H10N4OS2/c10-7(14)3-4-13-8(11-12-9(13)15)6-2-1-5-16-6/h1-2,5H,3-4H2,(H2,10,14)(H,12,15). The van der Waals surface area contributed by atoms with Crippen LogP contribution in [0.4, 0.5) is 0 Å². The lowest BCUT2D eigenvalue weighted by atomic mass is 10.4. The van der Waals surface area contributed by atoms with Gasteiger partial charge < -0.3 is 5.73 Å². The highest BCUT2D eigenvalue weighted by molar-refractivity contribution is 7.71. The molecule has 0 radical (unpaired) electrons. The highest BCUT2D eigenvalue weighted by atomic mass is 32.1. The van der Waals surface area contributed by atoms with E-state index in [4.69, 9.17) is 18.0 Å². The molecule has 0 bridgehead atoms. The molecule has 0 aromatic carbocycles. The largest absolute Gasteiger partial charge is 0.370 e. The quantitative estimate of drug-likeness (QED) is 0.813. The van der Waals surface area contributed by atoms with Crippen molar-refractivity contribution in [1.29, 1.82) is 0 Å². The van der Waals surface area contributed by atoms with Gasteiger partial charge in [0.05, 0.1) is 4.88 Å². The van der Waals surface area contributed by atoms with Crippen molar-refractivity contribution in [3.8, 4) is 10.7 Å². The maximum atomic E-state index is 10.8. The SMILES string of the molecule is NC(=O)CCn1c(-c2cccs2)n[nH]c1=S. The van der Waals surface area contributed by atoms with E-state index in [0.717, 1.165) is 10.7 Å². The van der Waals surface area contributed by atoms with Crippen LogP contribution in [0.2, 0.25) is 0 Å². The number of amides is 1. The van der Waals surface area contributed by atoms with E-state index in [2.05, 4.69) is 10.2 Å². The van der Waals surface area contributed by atoms with Gasteiger partial charge in [0.25, 0.3) is 0 Å². The number of nitrogens with zero attached hydrogens (tertiary/aromatic N) is 2. The van der Waals surface area contributed by atoms with Crippen LogP contribution in [0.25, 0.3) is 10.7 Å². The van der Waals surface area contributed by atoms with Crippen LogP contribution in [0.3, 0.4) is 0 Å². The first-order valence-electron chi connectivity index (χ1n) is 4.66. The molecule has 0 aliphatic rings. The van der Waals surface area contributed by atoms with E-state index < -0.39 is 0 Å². The van der Waals surface area contributed by atoms with Crippen molar-refractivity contribution in [3.63, 3.8) is 0 Å². The van der Waals surface area contributed by atoms with Gasteiger partial charge in [-0.2, -0.15) is 5.10 Å². The summed E-state index contributed by atoms with van der Waals surface area (Å²) >= 11 is 6.67. The summed E-state index contributed by atoms with van der Waals surface area (Å²) in [6, 6.07) is 3.90. The highest BCUT2D eigenvalue weighted by Gasteiger charge is 2.09. The Morgan fingerprint density at radius 3 is 3.12 bits per heavy atom. The van der Waals surface area contributed by atoms with Crippen molar-refractivity contribution in [2.24, 2.45) is 5.73 Å². The first-order valence-corrected chi connectivity index (χ1v) is 5.94. The first kappa shape index (κ1) is 11.0. The number of aromatic amines is 1. The van der Waals surface area contributed by atoms with Gasteiger partial charge in [-0.15, -0.1) is 11.3 Å². The van der Waals surface area contributed by atoms with Gasteiger partial charge in [0.1, 0.15) is 0 Å². The van der Waals surface area contributed by atoms with E-state index in [-0.39, 0.29) is 12.3 Å².